The van der Waals surface area contributed by atoms with E-state index in [1.165, 1.54) is 22.5 Å². The van der Waals surface area contributed by atoms with E-state index in [1.807, 2.05) is 0 Å². The van der Waals surface area contributed by atoms with Crippen molar-refractivity contribution in [2.45, 2.75) is 57.5 Å². The lowest BCUT2D eigenvalue weighted by Gasteiger charge is -2.37. The Labute approximate surface area is 212 Å². The Morgan fingerprint density at radius 2 is 1.11 bits per heavy atom. The molecule has 0 amide bonds. The number of rotatable bonds is 6. The Morgan fingerprint density at radius 3 is 1.56 bits per heavy atom. The first kappa shape index (κ1) is 23.3. The fraction of sp³-hybridized carbons (Fsp3) is 0.517. The van der Waals surface area contributed by atoms with E-state index in [0.29, 0.717) is 11.5 Å². The number of aliphatic hydroxyl groups is 1. The summed E-state index contributed by atoms with van der Waals surface area (Å²) in [5.41, 5.74) is 8.66. The minimum atomic E-state index is -0.722. The Bertz CT molecular complexity index is 1120. The van der Waals surface area contributed by atoms with Gasteiger partial charge in [-0.3, -0.25) is 9.98 Å². The molecule has 0 bridgehead atoms. The van der Waals surface area contributed by atoms with Crippen LogP contribution in [0.2, 0.25) is 0 Å². The number of nitrogens with zero attached hydrogens (tertiary/aromatic N) is 4. The van der Waals surface area contributed by atoms with Crippen molar-refractivity contribution in [1.82, 2.24) is 0 Å². The van der Waals surface area contributed by atoms with Crippen molar-refractivity contribution in [1.29, 1.82) is 0 Å². The molecule has 3 N–H and O–H groups in total. The second-order valence-electron chi connectivity index (χ2n) is 10.6. The van der Waals surface area contributed by atoms with E-state index in [-0.39, 0.29) is 13.1 Å². The van der Waals surface area contributed by atoms with Gasteiger partial charge in [0.2, 0.25) is 0 Å². The summed E-state index contributed by atoms with van der Waals surface area (Å²) in [6.45, 7) is 4.72. The van der Waals surface area contributed by atoms with Gasteiger partial charge in [-0.2, -0.15) is 0 Å². The second-order valence-corrected chi connectivity index (χ2v) is 10.6. The summed E-state index contributed by atoms with van der Waals surface area (Å²) in [7, 11) is 0. The lowest BCUT2D eigenvalue weighted by molar-refractivity contribution is 0.193. The lowest BCUT2D eigenvalue weighted by atomic mass is 9.89. The van der Waals surface area contributed by atoms with Crippen LogP contribution < -0.4 is 9.80 Å². The zero-order valence-corrected chi connectivity index (χ0v) is 20.9. The van der Waals surface area contributed by atoms with Crippen LogP contribution in [0.5, 0.6) is 11.5 Å². The van der Waals surface area contributed by atoms with E-state index in [9.17, 15) is 15.3 Å². The van der Waals surface area contributed by atoms with Crippen LogP contribution in [0, 0.1) is 0 Å². The maximum atomic E-state index is 10.9. The van der Waals surface area contributed by atoms with Gasteiger partial charge in [0.25, 0.3) is 0 Å². The van der Waals surface area contributed by atoms with Crippen molar-refractivity contribution in [3.05, 3.63) is 45.5 Å². The molecule has 0 saturated heterocycles. The van der Waals surface area contributed by atoms with Gasteiger partial charge in [-0.1, -0.05) is 0 Å². The van der Waals surface area contributed by atoms with Gasteiger partial charge in [0.1, 0.15) is 11.5 Å². The number of aryl methyl sites for hydroxylation is 2. The summed E-state index contributed by atoms with van der Waals surface area (Å²) < 4.78 is 0. The van der Waals surface area contributed by atoms with Crippen LogP contribution in [0.15, 0.2) is 22.1 Å². The molecule has 0 saturated carbocycles. The fourth-order valence-corrected chi connectivity index (χ4v) is 6.54. The maximum absolute atomic E-state index is 10.9. The molecule has 190 valence electrons. The quantitative estimate of drug-likeness (QED) is 0.542. The van der Waals surface area contributed by atoms with Gasteiger partial charge < -0.3 is 25.1 Å². The fourth-order valence-electron chi connectivity index (χ4n) is 6.54. The van der Waals surface area contributed by atoms with Gasteiger partial charge in [-0.15, -0.1) is 0 Å². The average Bonchev–Trinajstić information content (AvgIpc) is 2.89. The van der Waals surface area contributed by atoms with Crippen molar-refractivity contribution in [3.8, 4) is 11.5 Å². The number of hydrogen-bond donors (Lipinski definition) is 3. The SMILES string of the molecule is Oc1c(C=NCC(O)CN=Cc2cc3c4c(c2O)CCCN4CCC3)cc2c3c1CCCN3CCC2. The van der Waals surface area contributed by atoms with Gasteiger partial charge in [0.15, 0.2) is 0 Å². The third-order valence-electron chi connectivity index (χ3n) is 8.14. The third-order valence-corrected chi connectivity index (χ3v) is 8.14. The van der Waals surface area contributed by atoms with Crippen molar-refractivity contribution in [2.75, 3.05) is 49.1 Å². The summed E-state index contributed by atoms with van der Waals surface area (Å²) >= 11 is 0. The normalized spacial score (nSPS) is 19.6. The van der Waals surface area contributed by atoms with Crippen LogP contribution in [-0.2, 0) is 25.7 Å². The summed E-state index contributed by atoms with van der Waals surface area (Å²) in [6.07, 6.45) is 11.0. The molecular formula is C29H36N4O3. The van der Waals surface area contributed by atoms with Crippen LogP contribution in [0.25, 0.3) is 0 Å². The monoisotopic (exact) mass is 488 g/mol. The smallest absolute Gasteiger partial charge is 0.129 e. The largest absolute Gasteiger partial charge is 0.507 e. The van der Waals surface area contributed by atoms with E-state index in [4.69, 9.17) is 0 Å². The zero-order valence-electron chi connectivity index (χ0n) is 20.9. The molecule has 2 aromatic rings. The molecule has 36 heavy (non-hydrogen) atoms. The van der Waals surface area contributed by atoms with E-state index in [1.54, 1.807) is 12.4 Å². The van der Waals surface area contributed by atoms with Gasteiger partial charge >= 0.3 is 0 Å². The van der Waals surface area contributed by atoms with E-state index in [2.05, 4.69) is 31.9 Å². The summed E-state index contributed by atoms with van der Waals surface area (Å²) in [4.78, 5) is 13.7. The summed E-state index contributed by atoms with van der Waals surface area (Å²) in [5, 5.41) is 32.2. The molecule has 4 aliphatic rings. The highest BCUT2D eigenvalue weighted by atomic mass is 16.3. The molecule has 0 unspecified atom stereocenters. The van der Waals surface area contributed by atoms with Crippen molar-refractivity contribution < 1.29 is 15.3 Å². The van der Waals surface area contributed by atoms with Gasteiger partial charge in [-0.25, -0.2) is 0 Å². The van der Waals surface area contributed by atoms with Gasteiger partial charge in [0, 0.05) is 72.2 Å². The first-order valence-electron chi connectivity index (χ1n) is 13.5. The number of aliphatic imine (C=N–C) groups is 2. The van der Waals surface area contributed by atoms with Crippen molar-refractivity contribution in [3.63, 3.8) is 0 Å². The van der Waals surface area contributed by atoms with Crippen molar-refractivity contribution >= 4 is 23.8 Å². The van der Waals surface area contributed by atoms with Gasteiger partial charge in [0.05, 0.1) is 19.2 Å². The standard InChI is InChI=1S/C29H36N4O3/c34-23(17-30-15-21-13-19-5-1-9-32-11-3-7-24(26(19)32)28(21)35)18-31-16-22-14-20-6-2-10-33-12-4-8-25(27(20)33)29(22)36/h13-16,23,34-36H,1-12,17-18H2. The van der Waals surface area contributed by atoms with Crippen LogP contribution in [0.1, 0.15) is 59.1 Å². The van der Waals surface area contributed by atoms with Crippen LogP contribution in [-0.4, -0.2) is 73.1 Å². The number of aromatic hydroxyl groups is 2. The van der Waals surface area contributed by atoms with Crippen LogP contribution in [0.3, 0.4) is 0 Å². The number of phenols is 2. The number of anilines is 2. The van der Waals surface area contributed by atoms with E-state index < -0.39 is 6.10 Å². The molecule has 0 aliphatic carbocycles. The Kier molecular flexibility index (Phi) is 6.34. The summed E-state index contributed by atoms with van der Waals surface area (Å²) in [5.74, 6) is 0.670. The maximum Gasteiger partial charge on any atom is 0.129 e. The zero-order chi connectivity index (χ0) is 24.6. The molecule has 0 spiro atoms. The van der Waals surface area contributed by atoms with Crippen LogP contribution >= 0.6 is 0 Å². The highest BCUT2D eigenvalue weighted by Crippen LogP contribution is 2.42. The molecule has 0 atom stereocenters. The molecule has 0 radical (unpaired) electrons. The minimum Gasteiger partial charge on any atom is -0.507 e. The lowest BCUT2D eigenvalue weighted by Crippen LogP contribution is -2.34. The van der Waals surface area contributed by atoms with E-state index in [0.717, 1.165) is 99.8 Å². The predicted octanol–water partition coefficient (Wildman–Crippen LogP) is 3.39. The molecule has 7 heteroatoms. The number of hydrogen-bond acceptors (Lipinski definition) is 7. The first-order valence-corrected chi connectivity index (χ1v) is 13.5. The Balaban J connectivity index is 1.12. The van der Waals surface area contributed by atoms with Gasteiger partial charge in [-0.05, 0) is 74.6 Å². The number of phenolic OH excluding ortho intramolecular Hbond substituents is 2. The minimum absolute atomic E-state index is 0.214. The van der Waals surface area contributed by atoms with Crippen molar-refractivity contribution in [2.24, 2.45) is 9.98 Å². The topological polar surface area (TPSA) is 91.9 Å². The average molecular weight is 489 g/mol. The highest BCUT2D eigenvalue weighted by Gasteiger charge is 2.28. The number of aliphatic hydroxyl groups excluding tert-OH is 1. The molecule has 0 aromatic heterocycles. The Morgan fingerprint density at radius 1 is 0.694 bits per heavy atom. The second kappa shape index (κ2) is 9.77. The molecule has 6 rings (SSSR count). The molecular weight excluding hydrogens is 452 g/mol. The molecule has 4 aliphatic heterocycles. The molecule has 2 aromatic carbocycles. The first-order chi connectivity index (χ1) is 17.6. The molecule has 7 nitrogen and oxygen atoms in total. The number of benzene rings is 2. The summed E-state index contributed by atoms with van der Waals surface area (Å²) in [6, 6.07) is 4.12. The van der Waals surface area contributed by atoms with Crippen LogP contribution in [0.4, 0.5) is 11.4 Å². The Hall–Kier alpha value is -3.06. The molecule has 4 heterocycles. The predicted molar refractivity (Wildman–Crippen MR) is 145 cm³/mol. The molecule has 0 fully saturated rings. The van der Waals surface area contributed by atoms with E-state index >= 15 is 0 Å². The third kappa shape index (κ3) is 4.23. The highest BCUT2D eigenvalue weighted by molar-refractivity contribution is 5.88.